The molecule has 2 aromatic carbocycles. The van der Waals surface area contributed by atoms with Gasteiger partial charge >= 0.3 is 0 Å². The normalized spacial score (nSPS) is 17.1. The van der Waals surface area contributed by atoms with Crippen molar-refractivity contribution in [1.82, 2.24) is 14.8 Å². The number of hydrogen-bond acceptors (Lipinski definition) is 4. The first-order valence-corrected chi connectivity index (χ1v) is 7.03. The van der Waals surface area contributed by atoms with E-state index in [1.807, 2.05) is 36.4 Å². The van der Waals surface area contributed by atoms with Gasteiger partial charge in [-0.15, -0.1) is 0 Å². The second-order valence-corrected chi connectivity index (χ2v) is 5.20. The number of ether oxygens (including phenoxy) is 1. The summed E-state index contributed by atoms with van der Waals surface area (Å²) >= 11 is 0. The number of rotatable bonds is 2. The molecule has 0 aliphatic carbocycles. The van der Waals surface area contributed by atoms with Crippen LogP contribution in [0, 0.1) is 0 Å². The zero-order valence-electron chi connectivity index (χ0n) is 12.0. The third-order valence-electron chi connectivity index (χ3n) is 3.99. The molecule has 0 saturated heterocycles. The number of amides is 1. The fourth-order valence-corrected chi connectivity index (χ4v) is 3.01. The van der Waals surface area contributed by atoms with E-state index >= 15 is 0 Å². The van der Waals surface area contributed by atoms with Crippen molar-refractivity contribution in [3.05, 3.63) is 48.3 Å². The van der Waals surface area contributed by atoms with Crippen LogP contribution in [0.5, 0.6) is 5.75 Å². The van der Waals surface area contributed by atoms with Crippen LogP contribution in [0.1, 0.15) is 18.0 Å². The van der Waals surface area contributed by atoms with Crippen molar-refractivity contribution in [2.75, 3.05) is 12.4 Å². The van der Waals surface area contributed by atoms with E-state index in [1.54, 1.807) is 11.8 Å². The number of aromatic nitrogens is 3. The molecule has 0 bridgehead atoms. The Morgan fingerprint density at radius 3 is 2.86 bits per heavy atom. The first-order valence-electron chi connectivity index (χ1n) is 7.03. The third-order valence-corrected chi connectivity index (χ3v) is 3.99. The lowest BCUT2D eigenvalue weighted by Crippen LogP contribution is -2.29. The van der Waals surface area contributed by atoms with Crippen molar-refractivity contribution in [2.45, 2.75) is 12.5 Å². The van der Waals surface area contributed by atoms with Crippen molar-refractivity contribution in [3.63, 3.8) is 0 Å². The minimum Gasteiger partial charge on any atom is -0.496 e. The van der Waals surface area contributed by atoms with E-state index < -0.39 is 0 Å². The summed E-state index contributed by atoms with van der Waals surface area (Å²) in [6.45, 7) is 0. The topological polar surface area (TPSA) is 69.0 Å². The predicted molar refractivity (Wildman–Crippen MR) is 81.9 cm³/mol. The highest BCUT2D eigenvalue weighted by Gasteiger charge is 2.29. The van der Waals surface area contributed by atoms with E-state index in [9.17, 15) is 4.79 Å². The number of anilines is 1. The van der Waals surface area contributed by atoms with Gasteiger partial charge in [-0.05, 0) is 17.0 Å². The maximum atomic E-state index is 11.9. The molecule has 0 unspecified atom stereocenters. The summed E-state index contributed by atoms with van der Waals surface area (Å²) in [5, 5.41) is 9.08. The maximum Gasteiger partial charge on any atom is 0.229 e. The Hall–Kier alpha value is -2.89. The van der Waals surface area contributed by atoms with E-state index in [2.05, 4.69) is 15.4 Å². The van der Waals surface area contributed by atoms with Crippen LogP contribution in [0.15, 0.2) is 42.7 Å². The molecule has 1 atom stereocenters. The van der Waals surface area contributed by atoms with Crippen LogP contribution in [0.3, 0.4) is 0 Å². The van der Waals surface area contributed by atoms with Gasteiger partial charge in [0.2, 0.25) is 11.9 Å². The zero-order valence-corrected chi connectivity index (χ0v) is 12.0. The van der Waals surface area contributed by atoms with Crippen LogP contribution in [0.25, 0.3) is 10.8 Å². The van der Waals surface area contributed by atoms with Crippen LogP contribution in [-0.2, 0) is 4.79 Å². The Morgan fingerprint density at radius 2 is 2.05 bits per heavy atom. The molecular formula is C16H14N4O2. The minimum absolute atomic E-state index is 0.0506. The number of carbonyl (C=O) groups excluding carboxylic acids is 1. The van der Waals surface area contributed by atoms with Crippen molar-refractivity contribution < 1.29 is 9.53 Å². The summed E-state index contributed by atoms with van der Waals surface area (Å²) in [5.41, 5.74) is 1.04. The van der Waals surface area contributed by atoms with Crippen LogP contribution >= 0.6 is 0 Å². The molecule has 4 rings (SSSR count). The summed E-state index contributed by atoms with van der Waals surface area (Å²) < 4.78 is 7.19. The first-order chi connectivity index (χ1) is 10.8. The summed E-state index contributed by atoms with van der Waals surface area (Å²) in [4.78, 5) is 16.0. The van der Waals surface area contributed by atoms with Gasteiger partial charge in [0.05, 0.1) is 19.6 Å². The highest BCUT2D eigenvalue weighted by atomic mass is 16.5. The van der Waals surface area contributed by atoms with Crippen molar-refractivity contribution in [1.29, 1.82) is 0 Å². The van der Waals surface area contributed by atoms with Crippen LogP contribution in [0.2, 0.25) is 0 Å². The molecule has 0 saturated carbocycles. The van der Waals surface area contributed by atoms with Gasteiger partial charge in [-0.2, -0.15) is 10.1 Å². The van der Waals surface area contributed by atoms with Gasteiger partial charge in [0.25, 0.3) is 0 Å². The maximum absolute atomic E-state index is 11.9. The van der Waals surface area contributed by atoms with Crippen LogP contribution < -0.4 is 10.1 Å². The van der Waals surface area contributed by atoms with Gasteiger partial charge in [0, 0.05) is 5.39 Å². The summed E-state index contributed by atoms with van der Waals surface area (Å²) in [6.07, 6.45) is 1.80. The van der Waals surface area contributed by atoms with Gasteiger partial charge in [0.15, 0.2) is 0 Å². The fourth-order valence-electron chi connectivity index (χ4n) is 3.01. The average Bonchev–Trinajstić information content (AvgIpc) is 3.01. The van der Waals surface area contributed by atoms with Crippen molar-refractivity contribution in [2.24, 2.45) is 0 Å². The van der Waals surface area contributed by atoms with Gasteiger partial charge in [-0.3, -0.25) is 10.1 Å². The predicted octanol–water partition coefficient (Wildman–Crippen LogP) is 2.37. The smallest absolute Gasteiger partial charge is 0.229 e. The Labute approximate surface area is 126 Å². The molecule has 1 amide bonds. The fraction of sp³-hybridized carbons (Fsp3) is 0.188. The van der Waals surface area contributed by atoms with E-state index in [0.717, 1.165) is 22.1 Å². The number of carbonyl (C=O) groups is 1. The first kappa shape index (κ1) is 12.8. The van der Waals surface area contributed by atoms with Gasteiger partial charge in [0.1, 0.15) is 12.1 Å². The number of nitrogens with one attached hydrogen (secondary N) is 1. The lowest BCUT2D eigenvalue weighted by Gasteiger charge is -2.25. The lowest BCUT2D eigenvalue weighted by atomic mass is 9.95. The molecule has 6 heteroatoms. The molecule has 1 aromatic heterocycles. The number of fused-ring (bicyclic) bond motifs is 2. The van der Waals surface area contributed by atoms with E-state index in [1.165, 1.54) is 6.33 Å². The SMILES string of the molecule is COc1ccc([C@@H]2CC(=O)Nc3ncnn32)c2ccccc12. The van der Waals surface area contributed by atoms with Crippen molar-refractivity contribution >= 4 is 22.6 Å². The molecule has 22 heavy (non-hydrogen) atoms. The third kappa shape index (κ3) is 1.84. The number of hydrogen-bond donors (Lipinski definition) is 1. The Kier molecular flexibility index (Phi) is 2.82. The highest BCUT2D eigenvalue weighted by Crippen LogP contribution is 2.36. The monoisotopic (exact) mass is 294 g/mol. The molecule has 1 aliphatic heterocycles. The number of benzene rings is 2. The van der Waals surface area contributed by atoms with Gasteiger partial charge in [-0.25, -0.2) is 4.68 Å². The molecule has 2 heterocycles. The molecule has 6 nitrogen and oxygen atoms in total. The van der Waals surface area contributed by atoms with Gasteiger partial charge < -0.3 is 4.74 Å². The second kappa shape index (κ2) is 4.84. The van der Waals surface area contributed by atoms with Gasteiger partial charge in [-0.1, -0.05) is 30.3 Å². The molecular weight excluding hydrogens is 280 g/mol. The molecule has 0 radical (unpaired) electrons. The Balaban J connectivity index is 1.95. The Bertz CT molecular complexity index is 871. The van der Waals surface area contributed by atoms with Crippen molar-refractivity contribution in [3.8, 4) is 5.75 Å². The molecule has 0 spiro atoms. The number of methoxy groups -OCH3 is 1. The summed E-state index contributed by atoms with van der Waals surface area (Å²) in [5.74, 6) is 1.25. The zero-order chi connectivity index (χ0) is 15.1. The Morgan fingerprint density at radius 1 is 1.23 bits per heavy atom. The molecule has 3 aromatic rings. The van der Waals surface area contributed by atoms with E-state index in [4.69, 9.17) is 4.74 Å². The quantitative estimate of drug-likeness (QED) is 0.788. The lowest BCUT2D eigenvalue weighted by molar-refractivity contribution is -0.117. The molecule has 1 aliphatic rings. The van der Waals surface area contributed by atoms with E-state index in [-0.39, 0.29) is 11.9 Å². The summed E-state index contributed by atoms with van der Waals surface area (Å²) in [6, 6.07) is 11.8. The molecule has 0 fully saturated rings. The van der Waals surface area contributed by atoms with E-state index in [0.29, 0.717) is 12.4 Å². The number of nitrogens with zero attached hydrogens (tertiary/aromatic N) is 3. The molecule has 1 N–H and O–H groups in total. The summed E-state index contributed by atoms with van der Waals surface area (Å²) in [7, 11) is 1.66. The average molecular weight is 294 g/mol. The molecule has 110 valence electrons. The van der Waals surface area contributed by atoms with Crippen LogP contribution in [-0.4, -0.2) is 27.8 Å². The largest absolute Gasteiger partial charge is 0.496 e. The second-order valence-electron chi connectivity index (χ2n) is 5.20. The van der Waals surface area contributed by atoms with Crippen LogP contribution in [0.4, 0.5) is 5.95 Å². The highest BCUT2D eigenvalue weighted by molar-refractivity contribution is 5.94. The standard InChI is InChI=1S/C16H14N4O2/c1-22-14-7-6-11(10-4-2-3-5-12(10)14)13-8-15(21)19-16-17-9-18-20(13)16/h2-7,9,13H,8H2,1H3,(H,17,18,19,21)/t13-/m0/s1. The minimum atomic E-state index is -0.165.